The van der Waals surface area contributed by atoms with Crippen LogP contribution in [-0.2, 0) is 14.6 Å². The van der Waals surface area contributed by atoms with E-state index >= 15 is 0 Å². The summed E-state index contributed by atoms with van der Waals surface area (Å²) in [4.78, 5) is 22.1. The minimum Gasteiger partial charge on any atom is -0.480 e. The summed E-state index contributed by atoms with van der Waals surface area (Å²) < 4.78 is 21.8. The molecule has 0 radical (unpaired) electrons. The second kappa shape index (κ2) is 7.88. The lowest BCUT2D eigenvalue weighted by Crippen LogP contribution is -2.47. The van der Waals surface area contributed by atoms with Gasteiger partial charge in [0.15, 0.2) is 0 Å². The van der Waals surface area contributed by atoms with Crippen molar-refractivity contribution in [3.63, 3.8) is 0 Å². The number of nitrogens with one attached hydrogen (secondary N) is 2. The molecule has 0 bridgehead atoms. The van der Waals surface area contributed by atoms with Gasteiger partial charge in [0.2, 0.25) is 0 Å². The summed E-state index contributed by atoms with van der Waals surface area (Å²) >= 11 is 0. The van der Waals surface area contributed by atoms with Crippen LogP contribution in [0.25, 0.3) is 0 Å². The second-order valence-electron chi connectivity index (χ2n) is 3.85. The molecule has 0 spiro atoms. The highest BCUT2D eigenvalue weighted by Gasteiger charge is 2.21. The Morgan fingerprint density at radius 2 is 2.00 bits per heavy atom. The van der Waals surface area contributed by atoms with Gasteiger partial charge in [0.05, 0.1) is 5.75 Å². The van der Waals surface area contributed by atoms with Crippen molar-refractivity contribution in [1.29, 1.82) is 0 Å². The van der Waals surface area contributed by atoms with Gasteiger partial charge < -0.3 is 21.5 Å². The zero-order valence-corrected chi connectivity index (χ0v) is 11.0. The second-order valence-corrected chi connectivity index (χ2v) is 6.11. The molecule has 0 aliphatic carbocycles. The van der Waals surface area contributed by atoms with Crippen molar-refractivity contribution < 1.29 is 23.1 Å². The number of hydrogen-bond acceptors (Lipinski definition) is 5. The first-order valence-corrected chi connectivity index (χ1v) is 7.47. The van der Waals surface area contributed by atoms with Crippen LogP contribution in [0.2, 0.25) is 0 Å². The van der Waals surface area contributed by atoms with E-state index in [1.54, 1.807) is 0 Å². The molecule has 0 aliphatic heterocycles. The van der Waals surface area contributed by atoms with Crippen LogP contribution >= 0.6 is 0 Å². The summed E-state index contributed by atoms with van der Waals surface area (Å²) in [5.74, 6) is -1.57. The Hall–Kier alpha value is -1.35. The first kappa shape index (κ1) is 16.6. The molecule has 2 amide bonds. The van der Waals surface area contributed by atoms with Gasteiger partial charge in [-0.1, -0.05) is 0 Å². The molecule has 1 atom stereocenters. The summed E-state index contributed by atoms with van der Waals surface area (Å²) in [5, 5.41) is 13.4. The number of hydrogen-bond donors (Lipinski definition) is 4. The first-order chi connectivity index (χ1) is 8.26. The number of rotatable bonds is 8. The van der Waals surface area contributed by atoms with Gasteiger partial charge in [-0.25, -0.2) is 18.0 Å². The fourth-order valence-electron chi connectivity index (χ4n) is 1.10. The van der Waals surface area contributed by atoms with Gasteiger partial charge in [-0.2, -0.15) is 0 Å². The van der Waals surface area contributed by atoms with Crippen LogP contribution in [-0.4, -0.2) is 56.7 Å². The smallest absolute Gasteiger partial charge is 0.326 e. The zero-order chi connectivity index (χ0) is 14.2. The topological polar surface area (TPSA) is 139 Å². The number of carbonyl (C=O) groups is 2. The highest BCUT2D eigenvalue weighted by Crippen LogP contribution is 1.97. The Morgan fingerprint density at radius 3 is 2.44 bits per heavy atom. The van der Waals surface area contributed by atoms with Gasteiger partial charge in [-0.05, 0) is 19.4 Å². The van der Waals surface area contributed by atoms with Crippen LogP contribution in [0.15, 0.2) is 0 Å². The summed E-state index contributed by atoms with van der Waals surface area (Å²) in [5.41, 5.74) is 5.23. The summed E-state index contributed by atoms with van der Waals surface area (Å²) in [6.07, 6.45) is 1.42. The molecule has 8 nitrogen and oxygen atoms in total. The van der Waals surface area contributed by atoms with E-state index in [0.717, 1.165) is 6.26 Å². The Balaban J connectivity index is 4.19. The van der Waals surface area contributed by atoms with Crippen molar-refractivity contribution in [1.82, 2.24) is 10.6 Å². The fraction of sp³-hybridized carbons (Fsp3) is 0.778. The lowest BCUT2D eigenvalue weighted by Gasteiger charge is -2.14. The predicted octanol–water partition coefficient (Wildman–Crippen LogP) is -1.48. The third-order valence-electron chi connectivity index (χ3n) is 2.05. The monoisotopic (exact) mass is 281 g/mol. The van der Waals surface area contributed by atoms with Crippen molar-refractivity contribution >= 4 is 21.8 Å². The maximum absolute atomic E-state index is 11.3. The van der Waals surface area contributed by atoms with E-state index in [2.05, 4.69) is 10.6 Å². The standard InChI is InChI=1S/C9H19N3O5S/c1-18(16,17)6-3-7(8(13)14)12-9(15)11-5-2-4-10/h7H,2-6,10H2,1H3,(H,13,14)(H2,11,12,15). The average Bonchev–Trinajstić information content (AvgIpc) is 2.22. The molecule has 0 saturated carbocycles. The van der Waals surface area contributed by atoms with Crippen molar-refractivity contribution in [2.75, 3.05) is 25.1 Å². The van der Waals surface area contributed by atoms with Gasteiger partial charge >= 0.3 is 12.0 Å². The van der Waals surface area contributed by atoms with Gasteiger partial charge in [0.1, 0.15) is 15.9 Å². The van der Waals surface area contributed by atoms with Crippen molar-refractivity contribution in [2.24, 2.45) is 5.73 Å². The van der Waals surface area contributed by atoms with Gasteiger partial charge in [-0.15, -0.1) is 0 Å². The molecule has 0 aromatic carbocycles. The summed E-state index contributed by atoms with van der Waals surface area (Å²) in [6, 6.07) is -1.87. The van der Waals surface area contributed by atoms with Crippen molar-refractivity contribution in [3.05, 3.63) is 0 Å². The van der Waals surface area contributed by atoms with Gasteiger partial charge in [0, 0.05) is 12.8 Å². The Morgan fingerprint density at radius 1 is 1.39 bits per heavy atom. The third kappa shape index (κ3) is 8.76. The van der Waals surface area contributed by atoms with Crippen molar-refractivity contribution in [3.8, 4) is 0 Å². The largest absolute Gasteiger partial charge is 0.480 e. The molecule has 0 rings (SSSR count). The SMILES string of the molecule is CS(=O)(=O)CCC(NC(=O)NCCCN)C(=O)O. The van der Waals surface area contributed by atoms with Crippen LogP contribution in [0.5, 0.6) is 0 Å². The van der Waals surface area contributed by atoms with E-state index in [9.17, 15) is 18.0 Å². The molecular weight excluding hydrogens is 262 g/mol. The van der Waals surface area contributed by atoms with Crippen LogP contribution in [0.4, 0.5) is 4.79 Å². The molecule has 106 valence electrons. The average molecular weight is 281 g/mol. The molecule has 0 aliphatic rings. The molecular formula is C9H19N3O5S. The molecule has 0 fully saturated rings. The minimum atomic E-state index is -3.26. The molecule has 5 N–H and O–H groups in total. The highest BCUT2D eigenvalue weighted by atomic mass is 32.2. The Labute approximate surface area is 106 Å². The number of amides is 2. The lowest BCUT2D eigenvalue weighted by atomic mass is 10.2. The molecule has 18 heavy (non-hydrogen) atoms. The van der Waals surface area contributed by atoms with Crippen LogP contribution in [0.1, 0.15) is 12.8 Å². The van der Waals surface area contributed by atoms with E-state index in [0.29, 0.717) is 19.5 Å². The van der Waals surface area contributed by atoms with E-state index in [-0.39, 0.29) is 12.2 Å². The number of carboxylic acids is 1. The number of sulfone groups is 1. The Bertz CT molecular complexity index is 382. The number of carbonyl (C=O) groups excluding carboxylic acids is 1. The molecule has 0 aromatic heterocycles. The number of aliphatic carboxylic acids is 1. The normalized spacial score (nSPS) is 12.8. The van der Waals surface area contributed by atoms with Gasteiger partial charge in [0.25, 0.3) is 0 Å². The zero-order valence-electron chi connectivity index (χ0n) is 10.2. The van der Waals surface area contributed by atoms with Crippen molar-refractivity contribution in [2.45, 2.75) is 18.9 Å². The Kier molecular flexibility index (Phi) is 7.29. The van der Waals surface area contributed by atoms with Crippen LogP contribution in [0.3, 0.4) is 0 Å². The first-order valence-electron chi connectivity index (χ1n) is 5.41. The molecule has 0 aromatic rings. The predicted molar refractivity (Wildman–Crippen MR) is 66.0 cm³/mol. The number of urea groups is 1. The molecule has 9 heteroatoms. The molecule has 1 unspecified atom stereocenters. The lowest BCUT2D eigenvalue weighted by molar-refractivity contribution is -0.139. The van der Waals surface area contributed by atoms with Gasteiger partial charge in [-0.3, -0.25) is 0 Å². The minimum absolute atomic E-state index is 0.168. The van der Waals surface area contributed by atoms with E-state index in [4.69, 9.17) is 10.8 Å². The highest BCUT2D eigenvalue weighted by molar-refractivity contribution is 7.90. The number of carboxylic acid groups (broad SMARTS) is 1. The summed E-state index contributed by atoms with van der Waals surface area (Å²) in [7, 11) is -3.26. The van der Waals surface area contributed by atoms with E-state index < -0.39 is 27.9 Å². The maximum Gasteiger partial charge on any atom is 0.326 e. The quantitative estimate of drug-likeness (QED) is 0.400. The molecule has 0 heterocycles. The van der Waals surface area contributed by atoms with Crippen LogP contribution in [0, 0.1) is 0 Å². The van der Waals surface area contributed by atoms with Crippen LogP contribution < -0.4 is 16.4 Å². The van der Waals surface area contributed by atoms with E-state index in [1.807, 2.05) is 0 Å². The van der Waals surface area contributed by atoms with E-state index in [1.165, 1.54) is 0 Å². The fourth-order valence-corrected chi connectivity index (χ4v) is 1.77. The third-order valence-corrected chi connectivity index (χ3v) is 3.02. The number of nitrogens with two attached hydrogens (primary N) is 1. The molecule has 0 saturated heterocycles. The summed E-state index contributed by atoms with van der Waals surface area (Å²) in [6.45, 7) is 0.747. The maximum atomic E-state index is 11.3.